The molecule has 1 aliphatic carbocycles. The van der Waals surface area contributed by atoms with Crippen molar-refractivity contribution in [2.45, 2.75) is 25.8 Å². The van der Waals surface area contributed by atoms with Crippen molar-refractivity contribution in [2.24, 2.45) is 0 Å². The monoisotopic (exact) mass is 443 g/mol. The third kappa shape index (κ3) is 4.39. The van der Waals surface area contributed by atoms with Gasteiger partial charge in [-0.25, -0.2) is 0 Å². The molecular formula is C26H22ClN3O2. The number of hydrogen-bond acceptors (Lipinski definition) is 3. The van der Waals surface area contributed by atoms with E-state index >= 15 is 0 Å². The van der Waals surface area contributed by atoms with Gasteiger partial charge in [0.25, 0.3) is 0 Å². The molecule has 6 heteroatoms. The standard InChI is InChI=1S/C26H22ClN3O2/c27-20-11-9-19(10-12-20)26(18-7-8-18)28-21-13-5-17(6-14-21)15-23-22-3-1-2-4-24(22)30(29-23)16-25(31)32/h1-6,9-14,28H,7-8,15-16H2,(H,31,32). The summed E-state index contributed by atoms with van der Waals surface area (Å²) in [5.74, 6) is -0.901. The molecular weight excluding hydrogens is 422 g/mol. The van der Waals surface area contributed by atoms with Crippen molar-refractivity contribution in [1.82, 2.24) is 9.78 Å². The van der Waals surface area contributed by atoms with Gasteiger partial charge in [-0.2, -0.15) is 5.10 Å². The maximum Gasteiger partial charge on any atom is 0.325 e. The Bertz CT molecular complexity index is 1320. The number of halogens is 1. The maximum atomic E-state index is 11.2. The molecule has 0 radical (unpaired) electrons. The summed E-state index contributed by atoms with van der Waals surface area (Å²) in [5, 5.41) is 19.1. The molecule has 1 fully saturated rings. The first-order valence-electron chi connectivity index (χ1n) is 10.6. The minimum absolute atomic E-state index is 0.147. The van der Waals surface area contributed by atoms with E-state index in [1.807, 2.05) is 48.5 Å². The summed E-state index contributed by atoms with van der Waals surface area (Å²) in [4.78, 5) is 11.2. The number of para-hydroxylation sites is 1. The number of rotatable bonds is 7. The Morgan fingerprint density at radius 1 is 1.00 bits per heavy atom. The number of nitrogens with one attached hydrogen (secondary N) is 1. The molecule has 32 heavy (non-hydrogen) atoms. The second-order valence-electron chi connectivity index (χ2n) is 8.00. The summed E-state index contributed by atoms with van der Waals surface area (Å²) in [6.45, 7) is -0.147. The number of fused-ring (bicyclic) bond motifs is 1. The van der Waals surface area contributed by atoms with Gasteiger partial charge in [0.1, 0.15) is 6.54 Å². The van der Waals surface area contributed by atoms with Crippen molar-refractivity contribution in [2.75, 3.05) is 5.32 Å². The average molecular weight is 444 g/mol. The molecule has 0 amide bonds. The molecule has 3 aromatic carbocycles. The number of nitrogens with zero attached hydrogens (tertiary/aromatic N) is 2. The number of anilines is 1. The number of benzene rings is 3. The summed E-state index contributed by atoms with van der Waals surface area (Å²) >= 11 is 6.05. The van der Waals surface area contributed by atoms with E-state index in [-0.39, 0.29) is 6.54 Å². The van der Waals surface area contributed by atoms with E-state index in [1.165, 1.54) is 5.57 Å². The molecule has 0 saturated heterocycles. The van der Waals surface area contributed by atoms with E-state index in [0.29, 0.717) is 6.42 Å². The minimum atomic E-state index is -0.901. The lowest BCUT2D eigenvalue weighted by Crippen LogP contribution is -2.10. The molecule has 1 heterocycles. The van der Waals surface area contributed by atoms with Gasteiger partial charge in [0, 0.05) is 28.2 Å². The highest BCUT2D eigenvalue weighted by Crippen LogP contribution is 2.37. The highest BCUT2D eigenvalue weighted by molar-refractivity contribution is 6.30. The van der Waals surface area contributed by atoms with Crippen LogP contribution in [0.15, 0.2) is 78.4 Å². The van der Waals surface area contributed by atoms with Gasteiger partial charge in [-0.3, -0.25) is 9.48 Å². The van der Waals surface area contributed by atoms with Gasteiger partial charge in [0.2, 0.25) is 0 Å². The molecule has 1 aromatic heterocycles. The molecule has 0 unspecified atom stereocenters. The average Bonchev–Trinajstić information content (AvgIpc) is 3.58. The number of carbonyl (C=O) groups is 1. The molecule has 0 spiro atoms. The first-order valence-corrected chi connectivity index (χ1v) is 10.9. The number of carboxylic acids is 1. The van der Waals surface area contributed by atoms with E-state index in [1.54, 1.807) is 4.68 Å². The van der Waals surface area contributed by atoms with Gasteiger partial charge in [-0.15, -0.1) is 0 Å². The fraction of sp³-hybridized carbons (Fsp3) is 0.154. The summed E-state index contributed by atoms with van der Waals surface area (Å²) in [6.07, 6.45) is 2.88. The highest BCUT2D eigenvalue weighted by Gasteiger charge is 2.19. The first kappa shape index (κ1) is 20.3. The van der Waals surface area contributed by atoms with Crippen LogP contribution in [0.25, 0.3) is 16.6 Å². The SMILES string of the molecule is O=C(O)Cn1nc(Cc2ccc(NC(=C3CC3)c3ccc(Cl)cc3)cc2)c2ccccc21. The molecule has 160 valence electrons. The van der Waals surface area contributed by atoms with Crippen LogP contribution in [-0.2, 0) is 17.8 Å². The summed E-state index contributed by atoms with van der Waals surface area (Å²) in [5.41, 5.74) is 7.59. The van der Waals surface area contributed by atoms with Gasteiger partial charge < -0.3 is 10.4 Å². The molecule has 0 bridgehead atoms. The third-order valence-electron chi connectivity index (χ3n) is 5.60. The third-order valence-corrected chi connectivity index (χ3v) is 5.85. The van der Waals surface area contributed by atoms with Gasteiger partial charge in [0.05, 0.1) is 11.2 Å². The predicted octanol–water partition coefficient (Wildman–Crippen LogP) is 5.98. The molecule has 1 saturated carbocycles. The van der Waals surface area contributed by atoms with Crippen LogP contribution >= 0.6 is 11.6 Å². The zero-order valence-corrected chi connectivity index (χ0v) is 18.1. The predicted molar refractivity (Wildman–Crippen MR) is 128 cm³/mol. The smallest absolute Gasteiger partial charge is 0.325 e. The number of carboxylic acid groups (broad SMARTS) is 1. The van der Waals surface area contributed by atoms with Crippen LogP contribution in [0.2, 0.25) is 5.02 Å². The van der Waals surface area contributed by atoms with Crippen molar-refractivity contribution in [3.05, 3.63) is 100 Å². The number of aromatic nitrogens is 2. The number of hydrogen-bond donors (Lipinski definition) is 2. The zero-order chi connectivity index (χ0) is 22.1. The summed E-state index contributed by atoms with van der Waals surface area (Å²) in [7, 11) is 0. The lowest BCUT2D eigenvalue weighted by molar-refractivity contribution is -0.137. The molecule has 5 rings (SSSR count). The largest absolute Gasteiger partial charge is 0.480 e. The van der Waals surface area contributed by atoms with Crippen LogP contribution in [0.5, 0.6) is 0 Å². The second kappa shape index (κ2) is 8.52. The Kier molecular flexibility index (Phi) is 5.41. The van der Waals surface area contributed by atoms with E-state index in [4.69, 9.17) is 11.6 Å². The van der Waals surface area contributed by atoms with Crippen LogP contribution in [0.1, 0.15) is 29.7 Å². The van der Waals surface area contributed by atoms with E-state index < -0.39 is 5.97 Å². The molecule has 4 aromatic rings. The van der Waals surface area contributed by atoms with Gasteiger partial charge in [-0.1, -0.05) is 54.1 Å². The second-order valence-corrected chi connectivity index (χ2v) is 8.44. The van der Waals surface area contributed by atoms with Crippen molar-refractivity contribution < 1.29 is 9.90 Å². The topological polar surface area (TPSA) is 67.1 Å². The first-order chi connectivity index (χ1) is 15.6. The van der Waals surface area contributed by atoms with Gasteiger partial charge in [0.15, 0.2) is 0 Å². The molecule has 1 aliphatic rings. The molecule has 2 N–H and O–H groups in total. The van der Waals surface area contributed by atoms with Crippen molar-refractivity contribution in [1.29, 1.82) is 0 Å². The Balaban J connectivity index is 1.36. The van der Waals surface area contributed by atoms with Crippen molar-refractivity contribution >= 4 is 39.9 Å². The zero-order valence-electron chi connectivity index (χ0n) is 17.4. The molecule has 0 aliphatic heterocycles. The maximum absolute atomic E-state index is 11.2. The fourth-order valence-corrected chi connectivity index (χ4v) is 4.04. The van der Waals surface area contributed by atoms with Crippen LogP contribution in [0, 0.1) is 0 Å². The van der Waals surface area contributed by atoms with Crippen LogP contribution in [0.3, 0.4) is 0 Å². The van der Waals surface area contributed by atoms with Crippen LogP contribution in [-0.4, -0.2) is 20.9 Å². The van der Waals surface area contributed by atoms with E-state index in [9.17, 15) is 9.90 Å². The lowest BCUT2D eigenvalue weighted by Gasteiger charge is -2.12. The Hall–Kier alpha value is -3.57. The lowest BCUT2D eigenvalue weighted by atomic mass is 10.1. The Morgan fingerprint density at radius 3 is 2.41 bits per heavy atom. The Morgan fingerprint density at radius 2 is 1.72 bits per heavy atom. The van der Waals surface area contributed by atoms with E-state index in [0.717, 1.165) is 57.0 Å². The quantitative estimate of drug-likeness (QED) is 0.368. The summed E-state index contributed by atoms with van der Waals surface area (Å²) < 4.78 is 1.56. The van der Waals surface area contributed by atoms with Gasteiger partial charge in [-0.05, 0) is 59.9 Å². The van der Waals surface area contributed by atoms with Crippen molar-refractivity contribution in [3.63, 3.8) is 0 Å². The van der Waals surface area contributed by atoms with Crippen LogP contribution in [0.4, 0.5) is 5.69 Å². The molecule has 0 atom stereocenters. The van der Waals surface area contributed by atoms with Crippen molar-refractivity contribution in [3.8, 4) is 0 Å². The number of allylic oxidation sites excluding steroid dienone is 1. The minimum Gasteiger partial charge on any atom is -0.480 e. The van der Waals surface area contributed by atoms with Crippen LogP contribution < -0.4 is 5.32 Å². The fourth-order valence-electron chi connectivity index (χ4n) is 3.91. The Labute approximate surface area is 191 Å². The summed E-state index contributed by atoms with van der Waals surface area (Å²) in [6, 6.07) is 24.0. The molecule has 5 nitrogen and oxygen atoms in total. The van der Waals surface area contributed by atoms with E-state index in [2.05, 4.69) is 34.7 Å². The number of aliphatic carboxylic acids is 1. The highest BCUT2D eigenvalue weighted by atomic mass is 35.5. The normalized spacial score (nSPS) is 12.7. The van der Waals surface area contributed by atoms with Gasteiger partial charge >= 0.3 is 5.97 Å².